The first-order chi connectivity index (χ1) is 12.1. The van der Waals surface area contributed by atoms with Crippen LogP contribution in [0.2, 0.25) is 0 Å². The van der Waals surface area contributed by atoms with Crippen molar-refractivity contribution in [3.8, 4) is 17.1 Å². The molecule has 4 nitrogen and oxygen atoms in total. The maximum absolute atomic E-state index is 13.0. The summed E-state index contributed by atoms with van der Waals surface area (Å²) in [5, 5.41) is 2.65. The van der Waals surface area contributed by atoms with Crippen molar-refractivity contribution >= 4 is 5.91 Å². The molecule has 0 unspecified atom stereocenters. The molecule has 3 aromatic rings. The Hall–Kier alpha value is -3.15. The minimum Gasteiger partial charge on any atom is -0.484 e. The number of ether oxygens (including phenoxy) is 1. The summed E-state index contributed by atoms with van der Waals surface area (Å²) in [5.74, 6) is 0.317. The quantitative estimate of drug-likeness (QED) is 0.738. The molecule has 1 heterocycles. The first kappa shape index (κ1) is 16.7. The van der Waals surface area contributed by atoms with E-state index in [1.165, 1.54) is 30.3 Å². The summed E-state index contributed by atoms with van der Waals surface area (Å²) in [7, 11) is 0. The highest BCUT2D eigenvalue weighted by Gasteiger charge is 2.08. The molecule has 128 valence electrons. The number of carbonyl (C=O) groups is 1. The normalized spacial score (nSPS) is 10.5. The van der Waals surface area contributed by atoms with Gasteiger partial charge in [0.1, 0.15) is 28.9 Å². The number of carbonyl (C=O) groups excluding carboxylic acids is 1. The molecule has 1 aromatic heterocycles. The lowest BCUT2D eigenvalue weighted by Gasteiger charge is -2.06. The highest BCUT2D eigenvalue weighted by Crippen LogP contribution is 2.22. The van der Waals surface area contributed by atoms with Crippen molar-refractivity contribution in [1.29, 1.82) is 0 Å². The number of rotatable bonds is 6. The average molecular weight is 343 g/mol. The first-order valence-corrected chi connectivity index (χ1v) is 7.60. The molecular formula is C19H15F2NO3. The van der Waals surface area contributed by atoms with E-state index in [9.17, 15) is 13.6 Å². The van der Waals surface area contributed by atoms with Gasteiger partial charge in [-0.2, -0.15) is 0 Å². The van der Waals surface area contributed by atoms with E-state index < -0.39 is 5.82 Å². The maximum atomic E-state index is 13.0. The molecule has 1 amide bonds. The second kappa shape index (κ2) is 7.61. The van der Waals surface area contributed by atoms with Gasteiger partial charge in [0.15, 0.2) is 6.61 Å². The minimum absolute atomic E-state index is 0.187. The van der Waals surface area contributed by atoms with Crippen LogP contribution in [0.1, 0.15) is 5.76 Å². The van der Waals surface area contributed by atoms with Crippen molar-refractivity contribution in [2.24, 2.45) is 0 Å². The van der Waals surface area contributed by atoms with Crippen LogP contribution in [0.15, 0.2) is 65.1 Å². The van der Waals surface area contributed by atoms with Gasteiger partial charge in [-0.3, -0.25) is 4.79 Å². The van der Waals surface area contributed by atoms with Crippen LogP contribution in [0.25, 0.3) is 11.3 Å². The lowest BCUT2D eigenvalue weighted by molar-refractivity contribution is -0.123. The second-order valence-electron chi connectivity index (χ2n) is 5.30. The molecular weight excluding hydrogens is 328 g/mol. The standard InChI is InChI=1S/C19H15F2NO3/c20-14-6-4-13(5-7-14)18-9-8-17(25-18)11-22-19(23)12-24-16-3-1-2-15(21)10-16/h1-10H,11-12H2,(H,22,23). The number of furan rings is 1. The fourth-order valence-electron chi connectivity index (χ4n) is 2.18. The van der Waals surface area contributed by atoms with Crippen LogP contribution >= 0.6 is 0 Å². The predicted molar refractivity (Wildman–Crippen MR) is 87.8 cm³/mol. The van der Waals surface area contributed by atoms with E-state index in [4.69, 9.17) is 9.15 Å². The molecule has 6 heteroatoms. The van der Waals surface area contributed by atoms with Crippen molar-refractivity contribution in [2.75, 3.05) is 6.61 Å². The van der Waals surface area contributed by atoms with Crippen LogP contribution in [0, 0.1) is 11.6 Å². The Morgan fingerprint density at radius 1 is 1.00 bits per heavy atom. The lowest BCUT2D eigenvalue weighted by atomic mass is 10.2. The third-order valence-corrected chi connectivity index (χ3v) is 3.42. The zero-order chi connectivity index (χ0) is 17.6. The molecule has 0 radical (unpaired) electrons. The monoisotopic (exact) mass is 343 g/mol. The van der Waals surface area contributed by atoms with Gasteiger partial charge in [0.05, 0.1) is 6.54 Å². The van der Waals surface area contributed by atoms with Gasteiger partial charge in [-0.25, -0.2) is 8.78 Å². The number of hydrogen-bond acceptors (Lipinski definition) is 3. The van der Waals surface area contributed by atoms with Crippen LogP contribution in [0.3, 0.4) is 0 Å². The molecule has 0 fully saturated rings. The number of amides is 1. The zero-order valence-electron chi connectivity index (χ0n) is 13.2. The highest BCUT2D eigenvalue weighted by molar-refractivity contribution is 5.77. The second-order valence-corrected chi connectivity index (χ2v) is 5.30. The summed E-state index contributed by atoms with van der Waals surface area (Å²) in [6.45, 7) is -0.0402. The number of nitrogens with one attached hydrogen (secondary N) is 1. The van der Waals surface area contributed by atoms with Gasteiger partial charge in [-0.1, -0.05) is 6.07 Å². The molecule has 0 bridgehead atoms. The summed E-state index contributed by atoms with van der Waals surface area (Å²) >= 11 is 0. The fourth-order valence-corrected chi connectivity index (χ4v) is 2.18. The fraction of sp³-hybridized carbons (Fsp3) is 0.105. The molecule has 0 atom stereocenters. The van der Waals surface area contributed by atoms with E-state index in [1.807, 2.05) is 0 Å². The molecule has 2 aromatic carbocycles. The van der Waals surface area contributed by atoms with Crippen molar-refractivity contribution < 1.29 is 22.7 Å². The molecule has 0 spiro atoms. The van der Waals surface area contributed by atoms with Crippen LogP contribution in [0.5, 0.6) is 5.75 Å². The summed E-state index contributed by atoms with van der Waals surface area (Å²) in [5.41, 5.74) is 0.744. The molecule has 0 aliphatic rings. The molecule has 3 rings (SSSR count). The highest BCUT2D eigenvalue weighted by atomic mass is 19.1. The van der Waals surface area contributed by atoms with Gasteiger partial charge in [0.2, 0.25) is 0 Å². The first-order valence-electron chi connectivity index (χ1n) is 7.60. The summed E-state index contributed by atoms with van der Waals surface area (Å²) in [6.07, 6.45) is 0. The largest absolute Gasteiger partial charge is 0.484 e. The third-order valence-electron chi connectivity index (χ3n) is 3.42. The third kappa shape index (κ3) is 4.67. The Morgan fingerprint density at radius 2 is 1.80 bits per heavy atom. The molecule has 0 saturated heterocycles. The molecule has 25 heavy (non-hydrogen) atoms. The smallest absolute Gasteiger partial charge is 0.258 e. The van der Waals surface area contributed by atoms with E-state index in [-0.39, 0.29) is 30.6 Å². The molecule has 1 N–H and O–H groups in total. The number of hydrogen-bond donors (Lipinski definition) is 1. The van der Waals surface area contributed by atoms with Crippen molar-refractivity contribution in [3.05, 3.63) is 78.1 Å². The Kier molecular flexibility index (Phi) is 5.09. The van der Waals surface area contributed by atoms with Crippen LogP contribution < -0.4 is 10.1 Å². The van der Waals surface area contributed by atoms with Crippen LogP contribution in [0.4, 0.5) is 8.78 Å². The molecule has 0 aliphatic carbocycles. The summed E-state index contributed by atoms with van der Waals surface area (Å²) < 4.78 is 36.8. The average Bonchev–Trinajstić information content (AvgIpc) is 3.08. The Balaban J connectivity index is 1.50. The number of halogens is 2. The Bertz CT molecular complexity index is 859. The number of benzene rings is 2. The SMILES string of the molecule is O=C(COc1cccc(F)c1)NCc1ccc(-c2ccc(F)cc2)o1. The lowest BCUT2D eigenvalue weighted by Crippen LogP contribution is -2.28. The molecule has 0 aliphatic heterocycles. The zero-order valence-corrected chi connectivity index (χ0v) is 13.2. The van der Waals surface area contributed by atoms with Crippen molar-refractivity contribution in [1.82, 2.24) is 5.32 Å². The van der Waals surface area contributed by atoms with Gasteiger partial charge in [0, 0.05) is 11.6 Å². The summed E-state index contributed by atoms with van der Waals surface area (Å²) in [4.78, 5) is 11.8. The van der Waals surface area contributed by atoms with Gasteiger partial charge in [-0.15, -0.1) is 0 Å². The van der Waals surface area contributed by atoms with E-state index in [1.54, 1.807) is 30.3 Å². The van der Waals surface area contributed by atoms with E-state index >= 15 is 0 Å². The Morgan fingerprint density at radius 3 is 2.56 bits per heavy atom. The van der Waals surface area contributed by atoms with Gasteiger partial charge >= 0.3 is 0 Å². The topological polar surface area (TPSA) is 51.5 Å². The maximum Gasteiger partial charge on any atom is 0.258 e. The van der Waals surface area contributed by atoms with Crippen molar-refractivity contribution in [2.45, 2.75) is 6.54 Å². The predicted octanol–water partition coefficient (Wildman–Crippen LogP) is 3.92. The minimum atomic E-state index is -0.429. The van der Waals surface area contributed by atoms with Crippen LogP contribution in [-0.2, 0) is 11.3 Å². The molecule has 0 saturated carbocycles. The van der Waals surface area contributed by atoms with Gasteiger partial charge in [-0.05, 0) is 48.5 Å². The Labute approximate surface area is 143 Å². The van der Waals surface area contributed by atoms with E-state index in [2.05, 4.69) is 5.32 Å². The van der Waals surface area contributed by atoms with Gasteiger partial charge in [0.25, 0.3) is 5.91 Å². The van der Waals surface area contributed by atoms with Crippen molar-refractivity contribution in [3.63, 3.8) is 0 Å². The summed E-state index contributed by atoms with van der Waals surface area (Å²) in [6, 6.07) is 15.0. The van der Waals surface area contributed by atoms with E-state index in [0.717, 1.165) is 5.56 Å². The van der Waals surface area contributed by atoms with E-state index in [0.29, 0.717) is 11.5 Å². The van der Waals surface area contributed by atoms with Crippen LogP contribution in [-0.4, -0.2) is 12.5 Å². The van der Waals surface area contributed by atoms with Gasteiger partial charge < -0.3 is 14.5 Å².